The second-order valence-electron chi connectivity index (χ2n) is 8.92. The van der Waals surface area contributed by atoms with Gasteiger partial charge >= 0.3 is 11.9 Å². The molecule has 0 N–H and O–H groups in total. The number of carbonyl (C=O) groups is 2. The van der Waals surface area contributed by atoms with E-state index in [0.29, 0.717) is 25.7 Å². The molecule has 0 saturated carbocycles. The van der Waals surface area contributed by atoms with Gasteiger partial charge in [-0.15, -0.1) is 10.3 Å². The van der Waals surface area contributed by atoms with E-state index in [1.165, 1.54) is 0 Å². The van der Waals surface area contributed by atoms with Crippen molar-refractivity contribution in [2.75, 3.05) is 6.61 Å². The van der Waals surface area contributed by atoms with Gasteiger partial charge < -0.3 is 9.47 Å². The number of hydrogen-bond donors (Lipinski definition) is 0. The fourth-order valence-corrected chi connectivity index (χ4v) is 3.22. The molecule has 1 saturated heterocycles. The van der Waals surface area contributed by atoms with E-state index in [9.17, 15) is 14.8 Å². The van der Waals surface area contributed by atoms with E-state index >= 15 is 0 Å². The number of nitrogens with zero attached hydrogens (tertiary/aromatic N) is 1. The van der Waals surface area contributed by atoms with Gasteiger partial charge in [0.05, 0.1) is 12.0 Å². The molecule has 0 amide bonds. The Bertz CT molecular complexity index is 466. The SMILES string of the molecule is CCC(C)(C)C(=O)OCCCC(=O)OC1CC(C)(C)N([O])C(C)(C)C1. The van der Waals surface area contributed by atoms with E-state index in [0.717, 1.165) is 5.06 Å². The summed E-state index contributed by atoms with van der Waals surface area (Å²) in [6.07, 6.45) is 2.13. The van der Waals surface area contributed by atoms with E-state index in [4.69, 9.17) is 9.47 Å². The zero-order chi connectivity index (χ0) is 19.5. The molecule has 1 fully saturated rings. The van der Waals surface area contributed by atoms with Crippen LogP contribution in [0.5, 0.6) is 0 Å². The minimum Gasteiger partial charge on any atom is -0.465 e. The maximum atomic E-state index is 12.3. The van der Waals surface area contributed by atoms with Crippen molar-refractivity contribution in [2.24, 2.45) is 5.41 Å². The summed E-state index contributed by atoms with van der Waals surface area (Å²) in [6.45, 7) is 13.3. The molecule has 1 heterocycles. The lowest BCUT2D eigenvalue weighted by molar-refractivity contribution is -0.299. The molecule has 0 aromatic heterocycles. The van der Waals surface area contributed by atoms with E-state index in [-0.39, 0.29) is 31.1 Å². The largest absolute Gasteiger partial charge is 0.465 e. The quantitative estimate of drug-likeness (QED) is 0.514. The zero-order valence-electron chi connectivity index (χ0n) is 16.8. The second-order valence-corrected chi connectivity index (χ2v) is 8.92. The van der Waals surface area contributed by atoms with Crippen LogP contribution in [0.2, 0.25) is 0 Å². The molecule has 145 valence electrons. The smallest absolute Gasteiger partial charge is 0.311 e. The lowest BCUT2D eigenvalue weighted by Gasteiger charge is -2.49. The number of hydroxylamine groups is 2. The Hall–Kier alpha value is -1.14. The first-order valence-corrected chi connectivity index (χ1v) is 9.16. The lowest BCUT2D eigenvalue weighted by atomic mass is 9.80. The predicted octanol–water partition coefficient (Wildman–Crippen LogP) is 3.66. The van der Waals surface area contributed by atoms with E-state index in [2.05, 4.69) is 0 Å². The average Bonchev–Trinajstić information content (AvgIpc) is 2.48. The Labute approximate surface area is 151 Å². The van der Waals surface area contributed by atoms with Crippen LogP contribution in [0, 0.1) is 5.41 Å². The highest BCUT2D eigenvalue weighted by atomic mass is 16.6. The van der Waals surface area contributed by atoms with Crippen molar-refractivity contribution >= 4 is 11.9 Å². The van der Waals surface area contributed by atoms with Crippen LogP contribution in [0.1, 0.15) is 80.6 Å². The Morgan fingerprint density at radius 3 is 2.12 bits per heavy atom. The van der Waals surface area contributed by atoms with Crippen LogP contribution in [0.15, 0.2) is 0 Å². The summed E-state index contributed by atoms with van der Waals surface area (Å²) in [7, 11) is 0. The molecule has 1 radical (unpaired) electrons. The fourth-order valence-electron chi connectivity index (χ4n) is 3.22. The van der Waals surface area contributed by atoms with Crippen LogP contribution >= 0.6 is 0 Å². The third-order valence-electron chi connectivity index (χ3n) is 5.05. The molecule has 0 atom stereocenters. The minimum absolute atomic E-state index is 0.207. The highest BCUT2D eigenvalue weighted by Crippen LogP contribution is 2.38. The van der Waals surface area contributed by atoms with Crippen LogP contribution in [0.25, 0.3) is 0 Å². The number of rotatable bonds is 7. The highest BCUT2D eigenvalue weighted by molar-refractivity contribution is 5.75. The van der Waals surface area contributed by atoms with Crippen LogP contribution in [0.4, 0.5) is 0 Å². The zero-order valence-corrected chi connectivity index (χ0v) is 16.8. The normalized spacial score (nSPS) is 21.0. The summed E-state index contributed by atoms with van der Waals surface area (Å²) in [6, 6.07) is 0. The maximum absolute atomic E-state index is 12.3. The summed E-state index contributed by atoms with van der Waals surface area (Å²) in [5.41, 5.74) is -1.62. The van der Waals surface area contributed by atoms with Gasteiger partial charge in [-0.25, -0.2) is 0 Å². The first-order valence-electron chi connectivity index (χ1n) is 9.16. The molecule has 0 aliphatic carbocycles. The number of piperidine rings is 1. The monoisotopic (exact) mass is 356 g/mol. The van der Waals surface area contributed by atoms with Crippen molar-refractivity contribution in [3.63, 3.8) is 0 Å². The number of esters is 2. The van der Waals surface area contributed by atoms with Crippen LogP contribution < -0.4 is 0 Å². The lowest BCUT2D eigenvalue weighted by Crippen LogP contribution is -2.60. The molecule has 6 heteroatoms. The van der Waals surface area contributed by atoms with E-state index in [1.807, 2.05) is 48.5 Å². The molecule has 0 aromatic carbocycles. The standard InChI is InChI=1S/C19H34NO5/c1-8-17(2,3)16(22)24-11-9-10-15(21)25-14-12-18(4,5)20(23)19(6,7)13-14/h14H,8-13H2,1-7H3. The van der Waals surface area contributed by atoms with Crippen molar-refractivity contribution in [1.82, 2.24) is 5.06 Å². The van der Waals surface area contributed by atoms with Gasteiger partial charge in [0.2, 0.25) is 0 Å². The summed E-state index contributed by atoms with van der Waals surface area (Å²) < 4.78 is 10.8. The van der Waals surface area contributed by atoms with Gasteiger partial charge in [0.15, 0.2) is 0 Å². The third kappa shape index (κ3) is 5.96. The first kappa shape index (κ1) is 21.9. The van der Waals surface area contributed by atoms with Gasteiger partial charge in [-0.05, 0) is 54.4 Å². The Morgan fingerprint density at radius 1 is 1.12 bits per heavy atom. The maximum Gasteiger partial charge on any atom is 0.311 e. The molecule has 25 heavy (non-hydrogen) atoms. The highest BCUT2D eigenvalue weighted by Gasteiger charge is 2.47. The van der Waals surface area contributed by atoms with Gasteiger partial charge in [-0.1, -0.05) is 6.92 Å². The third-order valence-corrected chi connectivity index (χ3v) is 5.05. The molecular weight excluding hydrogens is 322 g/mol. The molecule has 1 rings (SSSR count). The van der Waals surface area contributed by atoms with Crippen LogP contribution in [0.3, 0.4) is 0 Å². The van der Waals surface area contributed by atoms with Crippen LogP contribution in [-0.4, -0.2) is 40.8 Å². The summed E-state index contributed by atoms with van der Waals surface area (Å²) in [4.78, 5) is 23.9. The summed E-state index contributed by atoms with van der Waals surface area (Å²) >= 11 is 0. The van der Waals surface area contributed by atoms with E-state index in [1.54, 1.807) is 0 Å². The molecule has 0 aromatic rings. The molecule has 0 spiro atoms. The molecule has 1 aliphatic rings. The fraction of sp³-hybridized carbons (Fsp3) is 0.895. The van der Waals surface area contributed by atoms with Gasteiger partial charge in [-0.3, -0.25) is 9.59 Å². The molecule has 6 nitrogen and oxygen atoms in total. The number of hydrogen-bond acceptors (Lipinski definition) is 5. The molecular formula is C19H34NO5. The Kier molecular flexibility index (Phi) is 7.04. The van der Waals surface area contributed by atoms with Gasteiger partial charge in [0.25, 0.3) is 0 Å². The predicted molar refractivity (Wildman–Crippen MR) is 94.1 cm³/mol. The molecule has 1 aliphatic heterocycles. The van der Waals surface area contributed by atoms with Crippen LogP contribution in [-0.2, 0) is 24.3 Å². The first-order chi connectivity index (χ1) is 11.3. The Balaban J connectivity index is 2.39. The van der Waals surface area contributed by atoms with Gasteiger partial charge in [0.1, 0.15) is 6.10 Å². The van der Waals surface area contributed by atoms with E-state index < -0.39 is 16.5 Å². The summed E-state index contributed by atoms with van der Waals surface area (Å²) in [5, 5.41) is 13.4. The second kappa shape index (κ2) is 8.04. The number of ether oxygens (including phenoxy) is 2. The number of carbonyl (C=O) groups excluding carboxylic acids is 2. The Morgan fingerprint density at radius 2 is 1.64 bits per heavy atom. The van der Waals surface area contributed by atoms with Crippen molar-refractivity contribution < 1.29 is 24.3 Å². The average molecular weight is 356 g/mol. The van der Waals surface area contributed by atoms with Crippen molar-refractivity contribution in [1.29, 1.82) is 0 Å². The summed E-state index contributed by atoms with van der Waals surface area (Å²) in [5.74, 6) is -0.545. The molecule has 0 bridgehead atoms. The minimum atomic E-state index is -0.562. The van der Waals surface area contributed by atoms with Crippen molar-refractivity contribution in [2.45, 2.75) is 97.8 Å². The van der Waals surface area contributed by atoms with Gasteiger partial charge in [0, 0.05) is 30.3 Å². The van der Waals surface area contributed by atoms with Crippen molar-refractivity contribution in [3.8, 4) is 0 Å². The van der Waals surface area contributed by atoms with Gasteiger partial charge in [-0.2, -0.15) is 0 Å². The molecule has 0 unspecified atom stereocenters. The van der Waals surface area contributed by atoms with Crippen molar-refractivity contribution in [3.05, 3.63) is 0 Å². The topological polar surface area (TPSA) is 75.7 Å².